The highest BCUT2D eigenvalue weighted by Gasteiger charge is 2.47. The Kier molecular flexibility index (Phi) is 5.45. The predicted molar refractivity (Wildman–Crippen MR) is 95.3 cm³/mol. The van der Waals surface area contributed by atoms with Crippen molar-refractivity contribution in [2.75, 3.05) is 25.2 Å². The third-order valence-electron chi connectivity index (χ3n) is 4.00. The minimum absolute atomic E-state index is 0. The third-order valence-corrected chi connectivity index (χ3v) is 7.17. The van der Waals surface area contributed by atoms with Gasteiger partial charge in [0.05, 0.1) is 24.7 Å². The van der Waals surface area contributed by atoms with E-state index in [0.717, 1.165) is 17.7 Å². The van der Waals surface area contributed by atoms with Crippen molar-refractivity contribution >= 4 is 43.7 Å². The lowest BCUT2D eigenvalue weighted by Crippen LogP contribution is -2.38. The van der Waals surface area contributed by atoms with Crippen LogP contribution in [0.1, 0.15) is 5.56 Å². The topological polar surface area (TPSA) is 70.5 Å². The second-order valence-electron chi connectivity index (χ2n) is 5.40. The van der Waals surface area contributed by atoms with E-state index in [4.69, 9.17) is 10.1 Å². The standard InChI is InChI=1S/C14H18N2O3S2.BrH/c1-19-11-4-2-10(3-5-11)6-7-16-12-8-21(17,18)9-13(12)20-14(16)15;/h2-5,12-13,15H,6-9H2,1H3;1H. The number of benzene rings is 1. The number of methoxy groups -OCH3 is 1. The lowest BCUT2D eigenvalue weighted by molar-refractivity contribution is 0.359. The van der Waals surface area contributed by atoms with Gasteiger partial charge in [-0.25, -0.2) is 8.42 Å². The van der Waals surface area contributed by atoms with E-state index in [-0.39, 0.29) is 39.8 Å². The number of sulfone groups is 1. The number of nitrogens with one attached hydrogen (secondary N) is 1. The maximum Gasteiger partial charge on any atom is 0.157 e. The van der Waals surface area contributed by atoms with Crippen LogP contribution in [-0.2, 0) is 16.3 Å². The fourth-order valence-electron chi connectivity index (χ4n) is 2.87. The van der Waals surface area contributed by atoms with Crippen LogP contribution < -0.4 is 4.74 Å². The summed E-state index contributed by atoms with van der Waals surface area (Å²) < 4.78 is 28.6. The van der Waals surface area contributed by atoms with E-state index in [9.17, 15) is 8.42 Å². The van der Waals surface area contributed by atoms with Gasteiger partial charge in [0, 0.05) is 11.8 Å². The van der Waals surface area contributed by atoms with Gasteiger partial charge in [0.15, 0.2) is 15.0 Å². The quantitative estimate of drug-likeness (QED) is 0.827. The average molecular weight is 407 g/mol. The Balaban J connectivity index is 0.00000176. The smallest absolute Gasteiger partial charge is 0.157 e. The van der Waals surface area contributed by atoms with Crippen molar-refractivity contribution in [2.45, 2.75) is 17.7 Å². The molecule has 2 fully saturated rings. The molecule has 2 atom stereocenters. The fraction of sp³-hybridized carbons (Fsp3) is 0.500. The Labute approximate surface area is 145 Å². The van der Waals surface area contributed by atoms with Crippen molar-refractivity contribution in [3.8, 4) is 5.75 Å². The number of thioether (sulfide) groups is 1. The highest BCUT2D eigenvalue weighted by molar-refractivity contribution is 8.93. The van der Waals surface area contributed by atoms with Gasteiger partial charge in [0.2, 0.25) is 0 Å². The summed E-state index contributed by atoms with van der Waals surface area (Å²) in [6, 6.07) is 7.83. The second-order valence-corrected chi connectivity index (χ2v) is 8.78. The Morgan fingerprint density at radius 3 is 2.64 bits per heavy atom. The molecule has 22 heavy (non-hydrogen) atoms. The van der Waals surface area contributed by atoms with E-state index in [1.54, 1.807) is 7.11 Å². The molecule has 2 aliphatic heterocycles. The molecule has 0 amide bonds. The van der Waals surface area contributed by atoms with Gasteiger partial charge in [-0.15, -0.1) is 17.0 Å². The SMILES string of the molecule is Br.COc1ccc(CCN2C(=N)SC3CS(=O)(=O)CC32)cc1. The van der Waals surface area contributed by atoms with Gasteiger partial charge in [0.1, 0.15) is 5.75 Å². The number of hydrogen-bond donors (Lipinski definition) is 1. The van der Waals surface area contributed by atoms with E-state index in [0.29, 0.717) is 11.7 Å². The van der Waals surface area contributed by atoms with Gasteiger partial charge in [0.25, 0.3) is 0 Å². The summed E-state index contributed by atoms with van der Waals surface area (Å²) in [6.07, 6.45) is 0.802. The maximum absolute atomic E-state index is 11.7. The molecule has 0 aliphatic carbocycles. The van der Waals surface area contributed by atoms with Gasteiger partial charge < -0.3 is 9.64 Å². The molecular weight excluding hydrogens is 388 g/mol. The Morgan fingerprint density at radius 2 is 2.00 bits per heavy atom. The number of fused-ring (bicyclic) bond motifs is 1. The molecule has 2 saturated heterocycles. The zero-order chi connectivity index (χ0) is 15.0. The highest BCUT2D eigenvalue weighted by atomic mass is 79.9. The van der Waals surface area contributed by atoms with Crippen LogP contribution in [0.25, 0.3) is 0 Å². The van der Waals surface area contributed by atoms with Gasteiger partial charge in [-0.2, -0.15) is 0 Å². The van der Waals surface area contributed by atoms with Gasteiger partial charge in [-0.1, -0.05) is 23.9 Å². The molecule has 0 saturated carbocycles. The van der Waals surface area contributed by atoms with Crippen LogP contribution in [0, 0.1) is 5.41 Å². The Bertz CT molecular complexity index is 649. The molecule has 0 aromatic heterocycles. The molecule has 0 bridgehead atoms. The van der Waals surface area contributed by atoms with Crippen LogP contribution in [-0.4, -0.2) is 54.9 Å². The minimum atomic E-state index is -2.93. The largest absolute Gasteiger partial charge is 0.497 e. The molecule has 122 valence electrons. The summed E-state index contributed by atoms with van der Waals surface area (Å²) in [7, 11) is -1.29. The first-order valence-electron chi connectivity index (χ1n) is 6.84. The Morgan fingerprint density at radius 1 is 1.32 bits per heavy atom. The maximum atomic E-state index is 11.7. The van der Waals surface area contributed by atoms with Crippen LogP contribution in [0.5, 0.6) is 5.75 Å². The molecule has 1 N–H and O–H groups in total. The van der Waals surface area contributed by atoms with Gasteiger partial charge in [-0.3, -0.25) is 5.41 Å². The number of hydrogen-bond acceptors (Lipinski definition) is 5. The second kappa shape index (κ2) is 6.80. The van der Waals surface area contributed by atoms with E-state index in [2.05, 4.69) is 0 Å². The monoisotopic (exact) mass is 406 g/mol. The Hall–Kier alpha value is -0.730. The number of rotatable bonds is 4. The number of nitrogens with zero attached hydrogens (tertiary/aromatic N) is 1. The van der Waals surface area contributed by atoms with E-state index >= 15 is 0 Å². The lowest BCUT2D eigenvalue weighted by atomic mass is 10.1. The molecular formula is C14H19BrN2O3S2. The average Bonchev–Trinajstić information content (AvgIpc) is 2.88. The first-order valence-corrected chi connectivity index (χ1v) is 9.54. The molecule has 2 aliphatic rings. The predicted octanol–water partition coefficient (Wildman–Crippen LogP) is 1.96. The van der Waals surface area contributed by atoms with Crippen LogP contribution in [0.15, 0.2) is 24.3 Å². The summed E-state index contributed by atoms with van der Waals surface area (Å²) in [4.78, 5) is 1.95. The van der Waals surface area contributed by atoms with Crippen LogP contribution in [0.2, 0.25) is 0 Å². The normalized spacial score (nSPS) is 25.7. The van der Waals surface area contributed by atoms with E-state index in [1.807, 2.05) is 29.2 Å². The first kappa shape index (κ1) is 17.6. The molecule has 3 rings (SSSR count). The number of ether oxygens (including phenoxy) is 1. The van der Waals surface area contributed by atoms with Crippen molar-refractivity contribution in [1.29, 1.82) is 5.41 Å². The zero-order valence-electron chi connectivity index (χ0n) is 12.2. The summed E-state index contributed by atoms with van der Waals surface area (Å²) >= 11 is 1.40. The molecule has 0 radical (unpaired) electrons. The third kappa shape index (κ3) is 3.60. The van der Waals surface area contributed by atoms with Crippen LogP contribution in [0.4, 0.5) is 0 Å². The van der Waals surface area contributed by atoms with Crippen molar-refractivity contribution in [3.63, 3.8) is 0 Å². The summed E-state index contributed by atoms with van der Waals surface area (Å²) in [5, 5.41) is 8.59. The van der Waals surface area contributed by atoms with Gasteiger partial charge in [-0.05, 0) is 24.1 Å². The summed E-state index contributed by atoms with van der Waals surface area (Å²) in [6.45, 7) is 0.689. The van der Waals surface area contributed by atoms with Crippen molar-refractivity contribution in [2.24, 2.45) is 0 Å². The van der Waals surface area contributed by atoms with Crippen LogP contribution in [0.3, 0.4) is 0 Å². The first-order chi connectivity index (χ1) is 9.98. The van der Waals surface area contributed by atoms with Crippen molar-refractivity contribution in [1.82, 2.24) is 4.90 Å². The number of halogens is 1. The molecule has 2 heterocycles. The fourth-order valence-corrected chi connectivity index (χ4v) is 6.73. The molecule has 5 nitrogen and oxygen atoms in total. The molecule has 8 heteroatoms. The van der Waals surface area contributed by atoms with E-state index in [1.165, 1.54) is 11.8 Å². The van der Waals surface area contributed by atoms with Gasteiger partial charge >= 0.3 is 0 Å². The minimum Gasteiger partial charge on any atom is -0.497 e. The summed E-state index contributed by atoms with van der Waals surface area (Å²) in [5.74, 6) is 1.23. The van der Waals surface area contributed by atoms with E-state index < -0.39 is 9.84 Å². The lowest BCUT2D eigenvalue weighted by Gasteiger charge is -2.23. The van der Waals surface area contributed by atoms with Crippen LogP contribution >= 0.6 is 28.7 Å². The molecule has 1 aromatic carbocycles. The zero-order valence-corrected chi connectivity index (χ0v) is 15.5. The molecule has 2 unspecified atom stereocenters. The van der Waals surface area contributed by atoms with Crippen molar-refractivity contribution < 1.29 is 13.2 Å². The summed E-state index contributed by atoms with van der Waals surface area (Å²) in [5.41, 5.74) is 1.16. The number of amidine groups is 1. The van der Waals surface area contributed by atoms with Crippen molar-refractivity contribution in [3.05, 3.63) is 29.8 Å². The molecule has 1 aromatic rings. The highest BCUT2D eigenvalue weighted by Crippen LogP contribution is 2.37. The molecule has 0 spiro atoms.